The van der Waals surface area contributed by atoms with Crippen LogP contribution >= 0.6 is 0 Å². The van der Waals surface area contributed by atoms with Gasteiger partial charge in [-0.1, -0.05) is 18.2 Å². The first kappa shape index (κ1) is 11.7. The van der Waals surface area contributed by atoms with Gasteiger partial charge >= 0.3 is 0 Å². The Balaban J connectivity index is 4.76. The van der Waals surface area contributed by atoms with Crippen LogP contribution in [-0.4, -0.2) is 5.84 Å². The Kier molecular flexibility index (Phi) is 4.82. The maximum Gasteiger partial charge on any atom is 0.0978 e. The minimum absolute atomic E-state index is 0.187. The van der Waals surface area contributed by atoms with Gasteiger partial charge in [0.2, 0.25) is 0 Å². The zero-order chi connectivity index (χ0) is 10.3. The van der Waals surface area contributed by atoms with Crippen molar-refractivity contribution >= 4 is 5.84 Å². The van der Waals surface area contributed by atoms with Gasteiger partial charge in [-0.15, -0.1) is 19.7 Å². The minimum atomic E-state index is -0.342. The van der Waals surface area contributed by atoms with Gasteiger partial charge in [0.05, 0.1) is 5.84 Å². The van der Waals surface area contributed by atoms with Crippen molar-refractivity contribution in [1.29, 1.82) is 5.41 Å². The second-order valence-electron chi connectivity index (χ2n) is 3.17. The van der Waals surface area contributed by atoms with E-state index in [9.17, 15) is 0 Å². The van der Waals surface area contributed by atoms with Gasteiger partial charge in [0, 0.05) is 5.41 Å². The molecule has 0 heterocycles. The maximum absolute atomic E-state index is 7.54. The fourth-order valence-corrected chi connectivity index (χ4v) is 1.41. The summed E-state index contributed by atoms with van der Waals surface area (Å²) in [5.74, 6) is 0.187. The molecule has 0 spiro atoms. The predicted octanol–water partition coefficient (Wildman–Crippen LogP) is 2.64. The summed E-state index contributed by atoms with van der Waals surface area (Å²) in [6, 6.07) is 0. The first-order valence-corrected chi connectivity index (χ1v) is 4.30. The number of nitrogens with one attached hydrogen (secondary N) is 1. The second-order valence-corrected chi connectivity index (χ2v) is 3.17. The van der Waals surface area contributed by atoms with Crippen LogP contribution in [0.25, 0.3) is 0 Å². The lowest BCUT2D eigenvalue weighted by molar-refractivity contribution is 0.429. The number of rotatable bonds is 7. The summed E-state index contributed by atoms with van der Waals surface area (Å²) in [5, 5.41) is 7.54. The highest BCUT2D eigenvalue weighted by atomic mass is 14.7. The third-order valence-electron chi connectivity index (χ3n) is 2.18. The Labute approximate surface area is 80.3 Å². The molecular formula is C11H18N2. The average molecular weight is 178 g/mol. The maximum atomic E-state index is 7.54. The molecule has 0 radical (unpaired) electrons. The molecule has 2 nitrogen and oxygen atoms in total. The molecular weight excluding hydrogens is 160 g/mol. The number of hydrogen-bond donors (Lipinski definition) is 2. The smallest absolute Gasteiger partial charge is 0.0978 e. The number of hydrogen-bond acceptors (Lipinski definition) is 1. The highest BCUT2D eigenvalue weighted by molar-refractivity contribution is 5.84. The molecule has 0 saturated carbocycles. The summed E-state index contributed by atoms with van der Waals surface area (Å²) >= 11 is 0. The van der Waals surface area contributed by atoms with E-state index >= 15 is 0 Å². The summed E-state index contributed by atoms with van der Waals surface area (Å²) in [5.41, 5.74) is 5.23. The van der Waals surface area contributed by atoms with Crippen molar-refractivity contribution in [2.75, 3.05) is 0 Å². The van der Waals surface area contributed by atoms with Crippen LogP contribution in [0.2, 0.25) is 0 Å². The van der Waals surface area contributed by atoms with E-state index in [-0.39, 0.29) is 11.3 Å². The lowest BCUT2D eigenvalue weighted by Crippen LogP contribution is -2.35. The normalized spacial score (nSPS) is 10.5. The van der Waals surface area contributed by atoms with E-state index in [1.165, 1.54) is 0 Å². The molecule has 0 aliphatic heterocycles. The molecule has 0 atom stereocenters. The van der Waals surface area contributed by atoms with Gasteiger partial charge in [0.1, 0.15) is 0 Å². The fourth-order valence-electron chi connectivity index (χ4n) is 1.41. The van der Waals surface area contributed by atoms with Gasteiger partial charge in [-0.2, -0.15) is 0 Å². The standard InChI is InChI=1S/C11H18N2/c1-4-7-11(8-5-2,9-6-3)10(12)13/h4-6H,1-3,7-9H2,(H3,12,13). The van der Waals surface area contributed by atoms with E-state index in [2.05, 4.69) is 19.7 Å². The third-order valence-corrected chi connectivity index (χ3v) is 2.18. The third kappa shape index (κ3) is 2.90. The van der Waals surface area contributed by atoms with Crippen LogP contribution in [0.15, 0.2) is 38.0 Å². The molecule has 0 aliphatic carbocycles. The second kappa shape index (κ2) is 5.36. The average Bonchev–Trinajstić information content (AvgIpc) is 2.05. The zero-order valence-corrected chi connectivity index (χ0v) is 8.05. The summed E-state index contributed by atoms with van der Waals surface area (Å²) in [6.07, 6.45) is 7.44. The van der Waals surface area contributed by atoms with Crippen molar-refractivity contribution in [3.63, 3.8) is 0 Å². The summed E-state index contributed by atoms with van der Waals surface area (Å²) in [4.78, 5) is 0. The molecule has 2 heteroatoms. The first-order chi connectivity index (χ1) is 6.13. The van der Waals surface area contributed by atoms with Gasteiger partial charge < -0.3 is 5.73 Å². The van der Waals surface area contributed by atoms with Crippen molar-refractivity contribution in [3.05, 3.63) is 38.0 Å². The first-order valence-electron chi connectivity index (χ1n) is 4.30. The van der Waals surface area contributed by atoms with Crippen LogP contribution in [-0.2, 0) is 0 Å². The van der Waals surface area contributed by atoms with Gasteiger partial charge in [-0.05, 0) is 19.3 Å². The topological polar surface area (TPSA) is 49.9 Å². The van der Waals surface area contributed by atoms with Crippen LogP contribution in [0, 0.1) is 10.8 Å². The van der Waals surface area contributed by atoms with Crippen molar-refractivity contribution in [2.45, 2.75) is 19.3 Å². The van der Waals surface area contributed by atoms with Crippen molar-refractivity contribution in [2.24, 2.45) is 11.1 Å². The lowest BCUT2D eigenvalue weighted by atomic mass is 9.77. The molecule has 0 aromatic carbocycles. The van der Waals surface area contributed by atoms with Crippen molar-refractivity contribution < 1.29 is 0 Å². The molecule has 0 aromatic heterocycles. The molecule has 0 bridgehead atoms. The molecule has 0 amide bonds. The van der Waals surface area contributed by atoms with Crippen LogP contribution in [0.1, 0.15) is 19.3 Å². The minimum Gasteiger partial charge on any atom is -0.387 e. The predicted molar refractivity (Wildman–Crippen MR) is 58.8 cm³/mol. The van der Waals surface area contributed by atoms with Crippen LogP contribution in [0.3, 0.4) is 0 Å². The monoisotopic (exact) mass is 178 g/mol. The zero-order valence-electron chi connectivity index (χ0n) is 8.05. The van der Waals surface area contributed by atoms with Crippen molar-refractivity contribution in [3.8, 4) is 0 Å². The molecule has 3 N–H and O–H groups in total. The molecule has 13 heavy (non-hydrogen) atoms. The van der Waals surface area contributed by atoms with Crippen LogP contribution in [0.5, 0.6) is 0 Å². The molecule has 0 aliphatic rings. The quantitative estimate of drug-likeness (QED) is 0.351. The SMILES string of the molecule is C=CCC(CC=C)(CC=C)C(=N)N. The lowest BCUT2D eigenvalue weighted by Gasteiger charge is -2.29. The van der Waals surface area contributed by atoms with Gasteiger partial charge in [-0.3, -0.25) is 5.41 Å². The van der Waals surface area contributed by atoms with E-state index in [4.69, 9.17) is 11.1 Å². The molecule has 0 fully saturated rings. The molecule has 0 aromatic rings. The van der Waals surface area contributed by atoms with Crippen LogP contribution < -0.4 is 5.73 Å². The summed E-state index contributed by atoms with van der Waals surface area (Å²) in [7, 11) is 0. The number of nitrogens with two attached hydrogens (primary N) is 1. The Morgan fingerprint density at radius 1 is 1.08 bits per heavy atom. The Hall–Kier alpha value is -1.31. The molecule has 0 rings (SSSR count). The fraction of sp³-hybridized carbons (Fsp3) is 0.364. The largest absolute Gasteiger partial charge is 0.387 e. The van der Waals surface area contributed by atoms with E-state index in [0.29, 0.717) is 19.3 Å². The Bertz CT molecular complexity index is 190. The van der Waals surface area contributed by atoms with E-state index in [1.54, 1.807) is 18.2 Å². The van der Waals surface area contributed by atoms with Crippen molar-refractivity contribution in [1.82, 2.24) is 0 Å². The molecule has 72 valence electrons. The van der Waals surface area contributed by atoms with Gasteiger partial charge in [-0.25, -0.2) is 0 Å². The van der Waals surface area contributed by atoms with E-state index < -0.39 is 0 Å². The number of allylic oxidation sites excluding steroid dienone is 3. The van der Waals surface area contributed by atoms with Crippen LogP contribution in [0.4, 0.5) is 0 Å². The molecule has 0 unspecified atom stereocenters. The Morgan fingerprint density at radius 2 is 1.38 bits per heavy atom. The summed E-state index contributed by atoms with van der Waals surface area (Å²) < 4.78 is 0. The van der Waals surface area contributed by atoms with E-state index in [1.807, 2.05) is 0 Å². The Morgan fingerprint density at radius 3 is 1.54 bits per heavy atom. The van der Waals surface area contributed by atoms with Gasteiger partial charge in [0.25, 0.3) is 0 Å². The summed E-state index contributed by atoms with van der Waals surface area (Å²) in [6.45, 7) is 11.0. The molecule has 0 saturated heterocycles. The highest BCUT2D eigenvalue weighted by Gasteiger charge is 2.29. The van der Waals surface area contributed by atoms with Gasteiger partial charge in [0.15, 0.2) is 0 Å². The number of amidine groups is 1. The van der Waals surface area contributed by atoms with E-state index in [0.717, 1.165) is 0 Å². The highest BCUT2D eigenvalue weighted by Crippen LogP contribution is 2.31.